The quantitative estimate of drug-likeness (QED) is 0.265. The molecule has 1 fully saturated rings. The Bertz CT molecular complexity index is 1190. The molecule has 1 aliphatic rings. The number of Topliss-reactive ketones (excluding diaryl/α,β-unsaturated/α-hetero) is 1. The van der Waals surface area contributed by atoms with Crippen LogP contribution in [0.4, 0.5) is 0 Å². The molecule has 4 atom stereocenters. The van der Waals surface area contributed by atoms with Crippen LogP contribution < -0.4 is 17.0 Å². The predicted octanol–water partition coefficient (Wildman–Crippen LogP) is -0.116. The van der Waals surface area contributed by atoms with Crippen LogP contribution in [0.25, 0.3) is 0 Å². The average Bonchev–Trinajstić information content (AvgIpc) is 3.47. The SMILES string of the molecule is CCOC1C[C@H](n2cc(C#CCCCCc3cn(CCC(N)C(C)=O)nn3)c(=O)[nH]c2=O)O[C@@H]1CO. The number of carbonyl (C=O) groups excluding carboxylic acids is 1. The lowest BCUT2D eigenvalue weighted by molar-refractivity contribution is -0.118. The lowest BCUT2D eigenvalue weighted by Crippen LogP contribution is -2.33. The van der Waals surface area contributed by atoms with Crippen LogP contribution in [0.3, 0.4) is 0 Å². The molecule has 196 valence electrons. The summed E-state index contributed by atoms with van der Waals surface area (Å²) in [6.07, 6.45) is 5.56. The highest BCUT2D eigenvalue weighted by atomic mass is 16.6. The molecule has 12 nitrogen and oxygen atoms in total. The second-order valence-corrected chi connectivity index (χ2v) is 8.74. The fraction of sp³-hybridized carbons (Fsp3) is 0.625. The molecular formula is C24H34N6O6. The molecule has 0 amide bonds. The van der Waals surface area contributed by atoms with E-state index in [1.54, 1.807) is 4.68 Å². The zero-order valence-corrected chi connectivity index (χ0v) is 20.7. The number of aryl methyl sites for hydroxylation is 2. The normalized spacial score (nSPS) is 20.2. The Morgan fingerprint density at radius 1 is 1.39 bits per heavy atom. The molecule has 2 aromatic rings. The number of nitrogens with two attached hydrogens (primary N) is 1. The number of ketones is 1. The molecule has 3 rings (SSSR count). The van der Waals surface area contributed by atoms with E-state index in [0.717, 1.165) is 25.0 Å². The molecular weight excluding hydrogens is 468 g/mol. The molecule has 0 spiro atoms. The van der Waals surface area contributed by atoms with E-state index in [1.165, 1.54) is 17.7 Å². The average molecular weight is 503 g/mol. The van der Waals surface area contributed by atoms with Crippen molar-refractivity contribution in [1.82, 2.24) is 24.5 Å². The van der Waals surface area contributed by atoms with Crippen LogP contribution in [-0.4, -0.2) is 66.9 Å². The summed E-state index contributed by atoms with van der Waals surface area (Å²) >= 11 is 0. The fourth-order valence-electron chi connectivity index (χ4n) is 3.93. The first-order valence-electron chi connectivity index (χ1n) is 12.2. The van der Waals surface area contributed by atoms with Crippen LogP contribution >= 0.6 is 0 Å². The first-order chi connectivity index (χ1) is 17.3. The van der Waals surface area contributed by atoms with Gasteiger partial charge in [-0.3, -0.25) is 23.8 Å². The van der Waals surface area contributed by atoms with E-state index in [0.29, 0.717) is 32.4 Å². The van der Waals surface area contributed by atoms with Gasteiger partial charge >= 0.3 is 5.69 Å². The second-order valence-electron chi connectivity index (χ2n) is 8.74. The number of unbranched alkanes of at least 4 members (excludes halogenated alkanes) is 2. The van der Waals surface area contributed by atoms with Gasteiger partial charge in [-0.05, 0) is 39.5 Å². The summed E-state index contributed by atoms with van der Waals surface area (Å²) in [5, 5.41) is 17.7. The van der Waals surface area contributed by atoms with Crippen LogP contribution in [0.2, 0.25) is 0 Å². The number of H-pyrrole nitrogens is 1. The van der Waals surface area contributed by atoms with Gasteiger partial charge in [0.2, 0.25) is 0 Å². The van der Waals surface area contributed by atoms with Crippen LogP contribution in [0.1, 0.15) is 63.4 Å². The maximum Gasteiger partial charge on any atom is 0.330 e. The maximum absolute atomic E-state index is 12.3. The third-order valence-electron chi connectivity index (χ3n) is 6.00. The molecule has 3 heterocycles. The molecule has 1 aliphatic heterocycles. The summed E-state index contributed by atoms with van der Waals surface area (Å²) in [5.74, 6) is 5.78. The number of hydrogen-bond donors (Lipinski definition) is 3. The van der Waals surface area contributed by atoms with E-state index >= 15 is 0 Å². The Hall–Kier alpha value is -3.11. The molecule has 1 saturated heterocycles. The van der Waals surface area contributed by atoms with Gasteiger partial charge in [-0.15, -0.1) is 5.10 Å². The van der Waals surface area contributed by atoms with Gasteiger partial charge in [0.1, 0.15) is 23.7 Å². The maximum atomic E-state index is 12.3. The Balaban J connectivity index is 1.51. The summed E-state index contributed by atoms with van der Waals surface area (Å²) < 4.78 is 14.3. The van der Waals surface area contributed by atoms with Gasteiger partial charge in [0.15, 0.2) is 0 Å². The minimum atomic E-state index is -0.657. The molecule has 0 aromatic carbocycles. The van der Waals surface area contributed by atoms with Crippen LogP contribution in [0.15, 0.2) is 22.0 Å². The molecule has 2 unspecified atom stereocenters. The molecule has 0 radical (unpaired) electrons. The Morgan fingerprint density at radius 3 is 2.92 bits per heavy atom. The topological polar surface area (TPSA) is 167 Å². The van der Waals surface area contributed by atoms with Crippen molar-refractivity contribution in [1.29, 1.82) is 0 Å². The van der Waals surface area contributed by atoms with Crippen LogP contribution in [-0.2, 0) is 27.2 Å². The van der Waals surface area contributed by atoms with E-state index < -0.39 is 29.6 Å². The number of aliphatic hydroxyl groups is 1. The third-order valence-corrected chi connectivity index (χ3v) is 6.00. The molecule has 0 aliphatic carbocycles. The van der Waals surface area contributed by atoms with Crippen molar-refractivity contribution in [3.8, 4) is 11.8 Å². The van der Waals surface area contributed by atoms with Gasteiger partial charge in [0.05, 0.1) is 24.4 Å². The van der Waals surface area contributed by atoms with E-state index in [2.05, 4.69) is 27.1 Å². The minimum absolute atomic E-state index is 0.0466. The fourth-order valence-corrected chi connectivity index (χ4v) is 3.93. The van der Waals surface area contributed by atoms with Crippen molar-refractivity contribution in [2.24, 2.45) is 5.73 Å². The number of rotatable bonds is 12. The van der Waals surface area contributed by atoms with Gasteiger partial charge in [0.25, 0.3) is 5.56 Å². The lowest BCUT2D eigenvalue weighted by Gasteiger charge is -2.15. The number of carbonyl (C=O) groups is 1. The van der Waals surface area contributed by atoms with Crippen molar-refractivity contribution < 1.29 is 19.4 Å². The minimum Gasteiger partial charge on any atom is -0.394 e. The molecule has 0 bridgehead atoms. The highest BCUT2D eigenvalue weighted by Gasteiger charge is 2.37. The number of nitrogens with zero attached hydrogens (tertiary/aromatic N) is 4. The van der Waals surface area contributed by atoms with E-state index in [4.69, 9.17) is 15.2 Å². The smallest absolute Gasteiger partial charge is 0.330 e. The molecule has 2 aromatic heterocycles. The number of hydrogen-bond acceptors (Lipinski definition) is 9. The van der Waals surface area contributed by atoms with Gasteiger partial charge in [-0.25, -0.2) is 4.79 Å². The van der Waals surface area contributed by atoms with Crippen LogP contribution in [0.5, 0.6) is 0 Å². The lowest BCUT2D eigenvalue weighted by atomic mass is 10.1. The van der Waals surface area contributed by atoms with Crippen molar-refractivity contribution in [3.63, 3.8) is 0 Å². The van der Waals surface area contributed by atoms with Gasteiger partial charge in [-0.1, -0.05) is 17.1 Å². The Morgan fingerprint density at radius 2 is 2.19 bits per heavy atom. The highest BCUT2D eigenvalue weighted by molar-refractivity contribution is 5.80. The van der Waals surface area contributed by atoms with E-state index in [1.807, 2.05) is 13.1 Å². The zero-order valence-electron chi connectivity index (χ0n) is 20.7. The first-order valence-corrected chi connectivity index (χ1v) is 12.2. The second kappa shape index (κ2) is 13.3. The number of aromatic amines is 1. The Labute approximate surface area is 208 Å². The number of nitrogens with one attached hydrogen (secondary N) is 1. The molecule has 0 saturated carbocycles. The summed E-state index contributed by atoms with van der Waals surface area (Å²) in [4.78, 5) is 38.1. The molecule has 4 N–H and O–H groups in total. The molecule has 12 heteroatoms. The molecule has 36 heavy (non-hydrogen) atoms. The van der Waals surface area contributed by atoms with Crippen molar-refractivity contribution >= 4 is 5.78 Å². The summed E-state index contributed by atoms with van der Waals surface area (Å²) in [5.41, 5.74) is 5.62. The number of aromatic nitrogens is 5. The number of aliphatic hydroxyl groups excluding tert-OH is 1. The monoisotopic (exact) mass is 502 g/mol. The predicted molar refractivity (Wildman–Crippen MR) is 130 cm³/mol. The van der Waals surface area contributed by atoms with Crippen LogP contribution in [0, 0.1) is 11.8 Å². The summed E-state index contributed by atoms with van der Waals surface area (Å²) in [6, 6.07) is -0.488. The number of ether oxygens (including phenoxy) is 2. The zero-order chi connectivity index (χ0) is 26.1. The first kappa shape index (κ1) is 27.5. The summed E-state index contributed by atoms with van der Waals surface area (Å²) in [6.45, 7) is 4.09. The van der Waals surface area contributed by atoms with Gasteiger partial charge < -0.3 is 20.3 Å². The van der Waals surface area contributed by atoms with Crippen molar-refractivity contribution in [3.05, 3.63) is 44.5 Å². The Kier molecular flexibility index (Phi) is 10.1. The van der Waals surface area contributed by atoms with Crippen molar-refractivity contribution in [2.45, 2.75) is 83.4 Å². The largest absolute Gasteiger partial charge is 0.394 e. The van der Waals surface area contributed by atoms with Gasteiger partial charge in [-0.2, -0.15) is 0 Å². The van der Waals surface area contributed by atoms with E-state index in [-0.39, 0.29) is 24.1 Å². The summed E-state index contributed by atoms with van der Waals surface area (Å²) in [7, 11) is 0. The third kappa shape index (κ3) is 7.44. The highest BCUT2D eigenvalue weighted by Crippen LogP contribution is 2.29. The van der Waals surface area contributed by atoms with Gasteiger partial charge in [0, 0.05) is 38.4 Å². The van der Waals surface area contributed by atoms with E-state index in [9.17, 15) is 19.5 Å². The standard InChI is InChI=1S/C24H34N6O6/c1-3-35-20-12-22(36-21(20)15-31)30-13-17(23(33)26-24(30)34)8-6-4-5-7-9-18-14-29(28-27-18)11-10-19(25)16(2)32/h13-14,19-22,31H,3-5,7,9-12,15,25H2,1-2H3,(H,26,33,34)/t19?,20?,21-,22-/m1/s1. The van der Waals surface area contributed by atoms with Crippen molar-refractivity contribution in [2.75, 3.05) is 13.2 Å².